The minimum Gasteiger partial charge on any atom is -0.389 e. The molecular weight excluding hydrogens is 259 g/mol. The number of halogens is 1. The molecule has 0 heterocycles. The molecule has 1 unspecified atom stereocenters. The highest BCUT2D eigenvalue weighted by Gasteiger charge is 2.12. The van der Waals surface area contributed by atoms with Gasteiger partial charge < -0.3 is 11.1 Å². The smallest absolute Gasteiger partial charge is 0.135 e. The second-order valence-corrected chi connectivity index (χ2v) is 5.26. The fourth-order valence-electron chi connectivity index (χ4n) is 2.12. The summed E-state index contributed by atoms with van der Waals surface area (Å²) in [5, 5.41) is 3.29. The average molecular weight is 282 g/mol. The van der Waals surface area contributed by atoms with Gasteiger partial charge in [0, 0.05) is 12.2 Å². The quantitative estimate of drug-likeness (QED) is 0.705. The third-order valence-corrected chi connectivity index (χ3v) is 3.59. The molecule has 0 fully saturated rings. The van der Waals surface area contributed by atoms with Crippen molar-refractivity contribution in [1.82, 2.24) is 0 Å². The van der Waals surface area contributed by atoms with E-state index >= 15 is 0 Å². The van der Waals surface area contributed by atoms with Gasteiger partial charge in [-0.1, -0.05) is 51.4 Å². The summed E-state index contributed by atoms with van der Waals surface area (Å²) in [4.78, 5) is 0.0993. The standard InChI is InChI=1S/C15H23FN2S/c1-3-5-7-11(4-2)10-18-13-9-6-8-12(16)14(13)15(17)19/h6,8-9,11,18H,3-5,7,10H2,1-2H3,(H2,17,19). The molecule has 0 amide bonds. The van der Waals surface area contributed by atoms with Gasteiger partial charge in [-0.25, -0.2) is 4.39 Å². The SMILES string of the molecule is CCCCC(CC)CNc1cccc(F)c1C(N)=S. The minimum atomic E-state index is -0.362. The Kier molecular flexibility index (Phi) is 6.78. The number of rotatable bonds is 8. The fraction of sp³-hybridized carbons (Fsp3) is 0.533. The molecule has 1 rings (SSSR count). The predicted molar refractivity (Wildman–Crippen MR) is 84.1 cm³/mol. The lowest BCUT2D eigenvalue weighted by Gasteiger charge is -2.18. The van der Waals surface area contributed by atoms with Crippen LogP contribution in [0.15, 0.2) is 18.2 Å². The molecule has 0 aromatic heterocycles. The van der Waals surface area contributed by atoms with Gasteiger partial charge >= 0.3 is 0 Å². The summed E-state index contributed by atoms with van der Waals surface area (Å²) >= 11 is 4.91. The molecule has 0 aliphatic rings. The Morgan fingerprint density at radius 2 is 2.16 bits per heavy atom. The van der Waals surface area contributed by atoms with Crippen LogP contribution in [0.2, 0.25) is 0 Å². The van der Waals surface area contributed by atoms with Crippen molar-refractivity contribution in [1.29, 1.82) is 0 Å². The first-order chi connectivity index (χ1) is 9.10. The highest BCUT2D eigenvalue weighted by molar-refractivity contribution is 7.80. The molecule has 1 aromatic rings. The Morgan fingerprint density at radius 3 is 2.74 bits per heavy atom. The van der Waals surface area contributed by atoms with Gasteiger partial charge in [-0.3, -0.25) is 0 Å². The molecule has 106 valence electrons. The van der Waals surface area contributed by atoms with Crippen molar-refractivity contribution in [3.63, 3.8) is 0 Å². The molecule has 19 heavy (non-hydrogen) atoms. The Labute approximate surface area is 120 Å². The Balaban J connectivity index is 2.71. The fourth-order valence-corrected chi connectivity index (χ4v) is 2.33. The third-order valence-electron chi connectivity index (χ3n) is 3.38. The highest BCUT2D eigenvalue weighted by atomic mass is 32.1. The van der Waals surface area contributed by atoms with E-state index in [9.17, 15) is 4.39 Å². The van der Waals surface area contributed by atoms with Crippen LogP contribution in [0.3, 0.4) is 0 Å². The van der Waals surface area contributed by atoms with E-state index in [0.717, 1.165) is 13.0 Å². The first kappa shape index (κ1) is 15.9. The van der Waals surface area contributed by atoms with E-state index in [1.54, 1.807) is 6.07 Å². The van der Waals surface area contributed by atoms with Crippen molar-refractivity contribution in [3.8, 4) is 0 Å². The van der Waals surface area contributed by atoms with Crippen LogP contribution < -0.4 is 11.1 Å². The summed E-state index contributed by atoms with van der Waals surface area (Å²) in [5.41, 5.74) is 6.60. The molecule has 2 nitrogen and oxygen atoms in total. The van der Waals surface area contributed by atoms with Gasteiger partial charge in [0.05, 0.1) is 5.56 Å². The van der Waals surface area contributed by atoms with Crippen molar-refractivity contribution >= 4 is 22.9 Å². The van der Waals surface area contributed by atoms with Crippen molar-refractivity contribution in [3.05, 3.63) is 29.6 Å². The van der Waals surface area contributed by atoms with Crippen LogP contribution >= 0.6 is 12.2 Å². The zero-order valence-corrected chi connectivity index (χ0v) is 12.5. The topological polar surface area (TPSA) is 38.0 Å². The van der Waals surface area contributed by atoms with E-state index < -0.39 is 0 Å². The lowest BCUT2D eigenvalue weighted by Crippen LogP contribution is -2.19. The molecule has 0 bridgehead atoms. The van der Waals surface area contributed by atoms with E-state index in [1.807, 2.05) is 6.07 Å². The second-order valence-electron chi connectivity index (χ2n) is 4.82. The van der Waals surface area contributed by atoms with Crippen LogP contribution in [0.1, 0.15) is 45.1 Å². The summed E-state index contributed by atoms with van der Waals surface area (Å²) in [6.45, 7) is 5.20. The first-order valence-electron chi connectivity index (χ1n) is 6.92. The molecule has 0 saturated carbocycles. The van der Waals surface area contributed by atoms with Crippen molar-refractivity contribution in [2.24, 2.45) is 11.7 Å². The summed E-state index contributed by atoms with van der Waals surface area (Å²) < 4.78 is 13.7. The molecule has 0 saturated heterocycles. The maximum atomic E-state index is 13.7. The van der Waals surface area contributed by atoms with Gasteiger partial charge in [0.25, 0.3) is 0 Å². The van der Waals surface area contributed by atoms with Crippen LogP contribution in [0.25, 0.3) is 0 Å². The third kappa shape index (κ3) is 4.78. The van der Waals surface area contributed by atoms with Crippen LogP contribution in [0, 0.1) is 11.7 Å². The Hall–Kier alpha value is -1.16. The number of nitrogens with two attached hydrogens (primary N) is 1. The molecule has 0 spiro atoms. The van der Waals surface area contributed by atoms with Crippen LogP contribution in [0.5, 0.6) is 0 Å². The zero-order valence-electron chi connectivity index (χ0n) is 11.7. The molecule has 0 radical (unpaired) electrons. The predicted octanol–water partition coefficient (Wildman–Crippen LogP) is 4.09. The van der Waals surface area contributed by atoms with E-state index in [0.29, 0.717) is 17.2 Å². The average Bonchev–Trinajstić information content (AvgIpc) is 2.38. The van der Waals surface area contributed by atoms with Crippen molar-refractivity contribution in [2.45, 2.75) is 39.5 Å². The number of thiocarbonyl (C=S) groups is 1. The minimum absolute atomic E-state index is 0.0993. The molecule has 1 atom stereocenters. The highest BCUT2D eigenvalue weighted by Crippen LogP contribution is 2.20. The number of unbranched alkanes of at least 4 members (excludes halogenated alkanes) is 1. The molecule has 0 aliphatic carbocycles. The monoisotopic (exact) mass is 282 g/mol. The number of benzene rings is 1. The summed E-state index contributed by atoms with van der Waals surface area (Å²) in [7, 11) is 0. The van der Waals surface area contributed by atoms with E-state index in [1.165, 1.54) is 25.3 Å². The van der Waals surface area contributed by atoms with Gasteiger partial charge in [-0.15, -0.1) is 0 Å². The normalized spacial score (nSPS) is 12.2. The van der Waals surface area contributed by atoms with E-state index in [-0.39, 0.29) is 10.8 Å². The van der Waals surface area contributed by atoms with Gasteiger partial charge in [-0.2, -0.15) is 0 Å². The summed E-state index contributed by atoms with van der Waals surface area (Å²) in [5.74, 6) is 0.238. The van der Waals surface area contributed by atoms with Gasteiger partial charge in [0.1, 0.15) is 10.8 Å². The molecule has 4 heteroatoms. The Bertz CT molecular complexity index is 421. The van der Waals surface area contributed by atoms with E-state index in [2.05, 4.69) is 19.2 Å². The summed E-state index contributed by atoms with van der Waals surface area (Å²) in [6.07, 6.45) is 4.74. The maximum Gasteiger partial charge on any atom is 0.135 e. The number of hydrogen-bond donors (Lipinski definition) is 2. The maximum absolute atomic E-state index is 13.7. The lowest BCUT2D eigenvalue weighted by atomic mass is 9.99. The number of hydrogen-bond acceptors (Lipinski definition) is 2. The largest absolute Gasteiger partial charge is 0.389 e. The lowest BCUT2D eigenvalue weighted by molar-refractivity contribution is 0.472. The number of nitrogens with one attached hydrogen (secondary N) is 1. The molecule has 3 N–H and O–H groups in total. The Morgan fingerprint density at radius 1 is 1.42 bits per heavy atom. The molecular formula is C15H23FN2S. The van der Waals surface area contributed by atoms with E-state index in [4.69, 9.17) is 18.0 Å². The van der Waals surface area contributed by atoms with Crippen molar-refractivity contribution in [2.75, 3.05) is 11.9 Å². The van der Waals surface area contributed by atoms with Crippen LogP contribution in [-0.4, -0.2) is 11.5 Å². The van der Waals surface area contributed by atoms with Gasteiger partial charge in [0.2, 0.25) is 0 Å². The van der Waals surface area contributed by atoms with Crippen LogP contribution in [0.4, 0.5) is 10.1 Å². The van der Waals surface area contributed by atoms with Crippen LogP contribution in [-0.2, 0) is 0 Å². The zero-order chi connectivity index (χ0) is 14.3. The second kappa shape index (κ2) is 8.10. The molecule has 1 aromatic carbocycles. The van der Waals surface area contributed by atoms with Gasteiger partial charge in [0.15, 0.2) is 0 Å². The summed E-state index contributed by atoms with van der Waals surface area (Å²) in [6, 6.07) is 4.88. The van der Waals surface area contributed by atoms with Gasteiger partial charge in [-0.05, 0) is 24.5 Å². The van der Waals surface area contributed by atoms with Crippen molar-refractivity contribution < 1.29 is 4.39 Å². The number of anilines is 1. The molecule has 0 aliphatic heterocycles. The first-order valence-corrected chi connectivity index (χ1v) is 7.33.